The fraction of sp³-hybridized carbons (Fsp3) is 0.524. The predicted molar refractivity (Wildman–Crippen MR) is 113 cm³/mol. The van der Waals surface area contributed by atoms with Gasteiger partial charge in [0, 0.05) is 0 Å². The van der Waals surface area contributed by atoms with Crippen LogP contribution in [-0.2, 0) is 9.59 Å². The molecule has 3 fully saturated rings. The Balaban J connectivity index is 1.26. The lowest BCUT2D eigenvalue weighted by molar-refractivity contribution is -0.140. The zero-order chi connectivity index (χ0) is 20.7. The van der Waals surface area contributed by atoms with Gasteiger partial charge in [-0.3, -0.25) is 19.9 Å². The molecule has 9 heteroatoms. The van der Waals surface area contributed by atoms with Crippen molar-refractivity contribution in [2.24, 2.45) is 0 Å². The Morgan fingerprint density at radius 1 is 1.20 bits per heavy atom. The number of aromatic nitrogens is 1. The smallest absolute Gasteiger partial charge is 0.322 e. The lowest BCUT2D eigenvalue weighted by atomic mass is 9.82. The van der Waals surface area contributed by atoms with E-state index in [-0.39, 0.29) is 24.4 Å². The molecule has 8 nitrogen and oxygen atoms in total. The Bertz CT molecular complexity index is 966. The Morgan fingerprint density at radius 3 is 2.80 bits per heavy atom. The molecule has 1 aliphatic carbocycles. The molecule has 1 unspecified atom stereocenters. The van der Waals surface area contributed by atoms with Crippen LogP contribution in [0.3, 0.4) is 0 Å². The number of amides is 4. The molecule has 158 valence electrons. The number of hydrogen-bond donors (Lipinski definition) is 2. The number of imide groups is 1. The lowest BCUT2D eigenvalue weighted by Crippen LogP contribution is -2.52. The Hall–Kier alpha value is -2.52. The van der Waals surface area contributed by atoms with Gasteiger partial charge < -0.3 is 5.32 Å². The molecule has 1 spiro atoms. The summed E-state index contributed by atoms with van der Waals surface area (Å²) in [6.45, 7) is 0.919. The van der Waals surface area contributed by atoms with Gasteiger partial charge in [0.1, 0.15) is 10.5 Å². The summed E-state index contributed by atoms with van der Waals surface area (Å²) in [6.07, 6.45) is 6.08. The molecule has 1 aromatic carbocycles. The molecular weight excluding hydrogens is 402 g/mol. The average molecular weight is 428 g/mol. The molecule has 5 rings (SSSR count). The number of rotatable bonds is 4. The predicted octanol–water partition coefficient (Wildman–Crippen LogP) is 2.72. The number of carbonyl (C=O) groups is 3. The van der Waals surface area contributed by atoms with Crippen LogP contribution in [0.15, 0.2) is 24.3 Å². The van der Waals surface area contributed by atoms with Crippen molar-refractivity contribution < 1.29 is 14.4 Å². The molecule has 2 saturated heterocycles. The average Bonchev–Trinajstić information content (AvgIpc) is 3.42. The van der Waals surface area contributed by atoms with Gasteiger partial charge in [0.05, 0.1) is 22.8 Å². The van der Waals surface area contributed by atoms with E-state index in [2.05, 4.69) is 21.7 Å². The van der Waals surface area contributed by atoms with Crippen molar-refractivity contribution in [2.45, 2.75) is 56.5 Å². The van der Waals surface area contributed by atoms with Crippen molar-refractivity contribution in [3.05, 3.63) is 29.3 Å². The molecule has 1 saturated carbocycles. The first-order chi connectivity index (χ1) is 14.6. The maximum atomic E-state index is 12.9. The minimum absolute atomic E-state index is 0.0842. The van der Waals surface area contributed by atoms with Crippen molar-refractivity contribution in [3.8, 4) is 0 Å². The number of carbonyl (C=O) groups excluding carboxylic acids is 3. The van der Waals surface area contributed by atoms with Gasteiger partial charge in [0.2, 0.25) is 0 Å². The first-order valence-corrected chi connectivity index (χ1v) is 11.4. The van der Waals surface area contributed by atoms with Gasteiger partial charge in [-0.1, -0.05) is 31.4 Å². The molecular formula is C21H25N5O3S. The number of nitrogens with one attached hydrogen (secondary N) is 2. The van der Waals surface area contributed by atoms with Crippen molar-refractivity contribution >= 4 is 39.4 Å². The molecule has 2 aliphatic heterocycles. The lowest BCUT2D eigenvalue weighted by Gasteiger charge is -2.30. The van der Waals surface area contributed by atoms with Gasteiger partial charge in [-0.15, -0.1) is 11.3 Å². The summed E-state index contributed by atoms with van der Waals surface area (Å²) >= 11 is 1.66. The van der Waals surface area contributed by atoms with Gasteiger partial charge in [0.15, 0.2) is 0 Å². The first kappa shape index (κ1) is 19.4. The van der Waals surface area contributed by atoms with E-state index in [1.54, 1.807) is 11.3 Å². The van der Waals surface area contributed by atoms with Gasteiger partial charge in [-0.2, -0.15) is 5.01 Å². The standard InChI is InChI=1S/C21H25N5O3S/c27-17(24-26-19(28)21(23-20(26)29)10-4-1-5-11-21)13-25-12-6-8-15(25)18-22-14-7-2-3-9-16(14)30-18/h2-3,7,9,15H,1,4-6,8,10-13H2,(H,23,29)(H,24,27). The van der Waals surface area contributed by atoms with E-state index in [9.17, 15) is 14.4 Å². The van der Waals surface area contributed by atoms with Crippen LogP contribution in [0.25, 0.3) is 10.2 Å². The van der Waals surface area contributed by atoms with E-state index < -0.39 is 11.6 Å². The SMILES string of the molecule is O=C(CN1CCCC1c1nc2ccccc2s1)NN1C(=O)NC2(CCCCC2)C1=O. The molecule has 0 bridgehead atoms. The van der Waals surface area contributed by atoms with Crippen molar-refractivity contribution in [1.82, 2.24) is 25.6 Å². The summed E-state index contributed by atoms with van der Waals surface area (Å²) in [5.41, 5.74) is 2.69. The number of hydrogen-bond acceptors (Lipinski definition) is 6. The fourth-order valence-electron chi connectivity index (χ4n) is 4.89. The minimum Gasteiger partial charge on any atom is -0.322 e. The van der Waals surface area contributed by atoms with Gasteiger partial charge in [-0.25, -0.2) is 9.78 Å². The zero-order valence-electron chi connectivity index (χ0n) is 16.7. The highest BCUT2D eigenvalue weighted by Gasteiger charge is 2.52. The second-order valence-corrected chi connectivity index (χ2v) is 9.46. The van der Waals surface area contributed by atoms with Crippen LogP contribution in [0.4, 0.5) is 4.79 Å². The number of benzene rings is 1. The van der Waals surface area contributed by atoms with Crippen LogP contribution in [0.1, 0.15) is 56.0 Å². The van der Waals surface area contributed by atoms with Crippen LogP contribution < -0.4 is 10.7 Å². The number of hydrazine groups is 1. The monoisotopic (exact) mass is 427 g/mol. The summed E-state index contributed by atoms with van der Waals surface area (Å²) in [7, 11) is 0. The van der Waals surface area contributed by atoms with E-state index in [4.69, 9.17) is 4.98 Å². The maximum Gasteiger partial charge on any atom is 0.344 e. The summed E-state index contributed by atoms with van der Waals surface area (Å²) in [5.74, 6) is -0.677. The number of likely N-dealkylation sites (tertiary alicyclic amines) is 1. The highest BCUT2D eigenvalue weighted by molar-refractivity contribution is 7.18. The van der Waals surface area contributed by atoms with Crippen LogP contribution in [0.5, 0.6) is 0 Å². The number of para-hydroxylation sites is 1. The quantitative estimate of drug-likeness (QED) is 0.732. The summed E-state index contributed by atoms with van der Waals surface area (Å²) in [5, 5.41) is 4.72. The number of nitrogens with zero attached hydrogens (tertiary/aromatic N) is 3. The fourth-order valence-corrected chi connectivity index (χ4v) is 6.03. The van der Waals surface area contributed by atoms with Gasteiger partial charge >= 0.3 is 6.03 Å². The third-order valence-electron chi connectivity index (χ3n) is 6.41. The van der Waals surface area contributed by atoms with Crippen molar-refractivity contribution in [1.29, 1.82) is 0 Å². The van der Waals surface area contributed by atoms with Crippen molar-refractivity contribution in [3.63, 3.8) is 0 Å². The van der Waals surface area contributed by atoms with Crippen LogP contribution in [0.2, 0.25) is 0 Å². The molecule has 1 atom stereocenters. The zero-order valence-corrected chi connectivity index (χ0v) is 17.5. The van der Waals surface area contributed by atoms with Crippen LogP contribution >= 0.6 is 11.3 Å². The molecule has 4 amide bonds. The number of thiazole rings is 1. The topological polar surface area (TPSA) is 94.6 Å². The normalized spacial score (nSPS) is 24.0. The van der Waals surface area contributed by atoms with Gasteiger partial charge in [-0.05, 0) is 44.4 Å². The summed E-state index contributed by atoms with van der Waals surface area (Å²) < 4.78 is 1.14. The van der Waals surface area contributed by atoms with E-state index >= 15 is 0 Å². The van der Waals surface area contributed by atoms with Crippen molar-refractivity contribution in [2.75, 3.05) is 13.1 Å². The van der Waals surface area contributed by atoms with E-state index in [0.717, 1.165) is 58.9 Å². The highest BCUT2D eigenvalue weighted by atomic mass is 32.1. The van der Waals surface area contributed by atoms with Crippen LogP contribution in [0, 0.1) is 0 Å². The second kappa shape index (κ2) is 7.63. The largest absolute Gasteiger partial charge is 0.344 e. The molecule has 3 aliphatic rings. The molecule has 3 heterocycles. The Kier molecular flexibility index (Phi) is 4.94. The summed E-state index contributed by atoms with van der Waals surface area (Å²) in [4.78, 5) is 44.8. The minimum atomic E-state index is -0.834. The van der Waals surface area contributed by atoms with Gasteiger partial charge in [0.25, 0.3) is 11.8 Å². The molecule has 2 N–H and O–H groups in total. The molecule has 30 heavy (non-hydrogen) atoms. The number of urea groups is 1. The molecule has 0 radical (unpaired) electrons. The van der Waals surface area contributed by atoms with E-state index in [0.29, 0.717) is 12.8 Å². The molecule has 2 aromatic rings. The Labute approximate surface area is 178 Å². The number of fused-ring (bicyclic) bond motifs is 1. The third kappa shape index (κ3) is 3.35. The van der Waals surface area contributed by atoms with Crippen LogP contribution in [-0.4, -0.2) is 51.4 Å². The Morgan fingerprint density at radius 2 is 2.00 bits per heavy atom. The third-order valence-corrected chi connectivity index (χ3v) is 7.55. The van der Waals surface area contributed by atoms with E-state index in [1.165, 1.54) is 0 Å². The summed E-state index contributed by atoms with van der Waals surface area (Å²) in [6, 6.07) is 7.59. The highest BCUT2D eigenvalue weighted by Crippen LogP contribution is 2.36. The van der Waals surface area contributed by atoms with E-state index in [1.807, 2.05) is 18.2 Å². The molecule has 1 aromatic heterocycles. The maximum absolute atomic E-state index is 12.9. The first-order valence-electron chi connectivity index (χ1n) is 10.6. The second-order valence-electron chi connectivity index (χ2n) is 8.40.